The number of aryl methyl sites for hydroxylation is 2. The van der Waals surface area contributed by atoms with Crippen LogP contribution in [0.3, 0.4) is 0 Å². The van der Waals surface area contributed by atoms with Crippen molar-refractivity contribution < 1.29 is 4.79 Å². The van der Waals surface area contributed by atoms with Crippen molar-refractivity contribution in [2.24, 2.45) is 0 Å². The molecule has 1 aromatic carbocycles. The number of rotatable bonds is 6. The molecule has 3 nitrogen and oxygen atoms in total. The first-order valence-electron chi connectivity index (χ1n) is 6.70. The Morgan fingerprint density at radius 3 is 2.37 bits per heavy atom. The fourth-order valence-electron chi connectivity index (χ4n) is 1.95. The van der Waals surface area contributed by atoms with Crippen LogP contribution in [0.15, 0.2) is 16.6 Å². The van der Waals surface area contributed by atoms with Crippen LogP contribution in [-0.4, -0.2) is 18.5 Å². The number of carbonyl (C=O) groups excluding carboxylic acids is 1. The lowest BCUT2D eigenvalue weighted by Crippen LogP contribution is -2.24. The van der Waals surface area contributed by atoms with E-state index >= 15 is 0 Å². The molecule has 0 aromatic heterocycles. The highest BCUT2D eigenvalue weighted by Gasteiger charge is 2.08. The second kappa shape index (κ2) is 7.65. The molecule has 1 aromatic rings. The number of amides is 1. The fourth-order valence-corrected chi connectivity index (χ4v) is 2.64. The molecule has 0 bridgehead atoms. The quantitative estimate of drug-likeness (QED) is 0.781. The van der Waals surface area contributed by atoms with Crippen LogP contribution in [-0.2, 0) is 4.79 Å². The van der Waals surface area contributed by atoms with E-state index in [-0.39, 0.29) is 5.91 Å². The van der Waals surface area contributed by atoms with Crippen LogP contribution >= 0.6 is 15.9 Å². The highest BCUT2D eigenvalue weighted by molar-refractivity contribution is 9.10. The predicted molar refractivity (Wildman–Crippen MR) is 84.6 cm³/mol. The molecule has 0 aliphatic rings. The maximum Gasteiger partial charge on any atom is 0.224 e. The van der Waals surface area contributed by atoms with E-state index in [1.807, 2.05) is 26.0 Å². The van der Waals surface area contributed by atoms with E-state index in [0.29, 0.717) is 12.5 Å². The third-order valence-corrected chi connectivity index (χ3v) is 3.35. The zero-order valence-corrected chi connectivity index (χ0v) is 13.7. The molecule has 0 aliphatic heterocycles. The molecule has 0 fully saturated rings. The number of hydrogen-bond acceptors (Lipinski definition) is 2. The molecule has 0 atom stereocenters. The van der Waals surface area contributed by atoms with Gasteiger partial charge in [0, 0.05) is 22.6 Å². The Bertz CT molecular complexity index is 421. The topological polar surface area (TPSA) is 41.1 Å². The van der Waals surface area contributed by atoms with Gasteiger partial charge in [0.15, 0.2) is 0 Å². The van der Waals surface area contributed by atoms with Gasteiger partial charge in [0.25, 0.3) is 0 Å². The SMILES string of the molecule is Cc1cc(Br)cc(C)c1NC(=O)CCCNC(C)C. The van der Waals surface area contributed by atoms with Crippen LogP contribution in [0.5, 0.6) is 0 Å². The maximum atomic E-state index is 11.9. The van der Waals surface area contributed by atoms with Crippen LogP contribution in [0.25, 0.3) is 0 Å². The molecule has 2 N–H and O–H groups in total. The van der Waals surface area contributed by atoms with Crippen LogP contribution in [0.1, 0.15) is 37.8 Å². The van der Waals surface area contributed by atoms with E-state index in [1.165, 1.54) is 0 Å². The molecular weight excluding hydrogens is 304 g/mol. The first kappa shape index (κ1) is 16.2. The Kier molecular flexibility index (Phi) is 6.52. The molecular formula is C15H23BrN2O. The van der Waals surface area contributed by atoms with Crippen molar-refractivity contribution in [2.45, 2.75) is 46.6 Å². The van der Waals surface area contributed by atoms with E-state index in [0.717, 1.165) is 34.3 Å². The number of carbonyl (C=O) groups is 1. The van der Waals surface area contributed by atoms with Crippen molar-refractivity contribution >= 4 is 27.5 Å². The van der Waals surface area contributed by atoms with E-state index < -0.39 is 0 Å². The summed E-state index contributed by atoms with van der Waals surface area (Å²) in [5.41, 5.74) is 3.10. The van der Waals surface area contributed by atoms with Gasteiger partial charge in [0.05, 0.1) is 0 Å². The normalized spacial score (nSPS) is 10.8. The van der Waals surface area contributed by atoms with Crippen molar-refractivity contribution in [3.05, 3.63) is 27.7 Å². The van der Waals surface area contributed by atoms with Gasteiger partial charge in [-0.25, -0.2) is 0 Å². The molecule has 4 heteroatoms. The minimum Gasteiger partial charge on any atom is -0.326 e. The zero-order chi connectivity index (χ0) is 14.4. The summed E-state index contributed by atoms with van der Waals surface area (Å²) in [5, 5.41) is 6.32. The van der Waals surface area contributed by atoms with Crippen LogP contribution in [0.2, 0.25) is 0 Å². The summed E-state index contributed by atoms with van der Waals surface area (Å²) in [6, 6.07) is 4.50. The maximum absolute atomic E-state index is 11.9. The van der Waals surface area contributed by atoms with Crippen LogP contribution < -0.4 is 10.6 Å². The average molecular weight is 327 g/mol. The molecule has 1 amide bonds. The average Bonchev–Trinajstić information content (AvgIpc) is 2.29. The molecule has 0 spiro atoms. The lowest BCUT2D eigenvalue weighted by atomic mass is 10.1. The molecule has 0 heterocycles. The van der Waals surface area contributed by atoms with Gasteiger partial charge in [-0.3, -0.25) is 4.79 Å². The summed E-state index contributed by atoms with van der Waals surface area (Å²) in [7, 11) is 0. The van der Waals surface area contributed by atoms with Crippen LogP contribution in [0, 0.1) is 13.8 Å². The summed E-state index contributed by atoms with van der Waals surface area (Å²) in [4.78, 5) is 11.9. The van der Waals surface area contributed by atoms with E-state index in [1.54, 1.807) is 0 Å². The molecule has 0 radical (unpaired) electrons. The Balaban J connectivity index is 2.49. The second-order valence-electron chi connectivity index (χ2n) is 5.18. The number of halogens is 1. The highest BCUT2D eigenvalue weighted by atomic mass is 79.9. The summed E-state index contributed by atoms with van der Waals surface area (Å²) >= 11 is 3.46. The first-order valence-corrected chi connectivity index (χ1v) is 7.49. The van der Waals surface area contributed by atoms with E-state index in [9.17, 15) is 4.79 Å². The Hall–Kier alpha value is -0.870. The Labute approximate surface area is 124 Å². The number of nitrogens with one attached hydrogen (secondary N) is 2. The third kappa shape index (κ3) is 5.74. The highest BCUT2D eigenvalue weighted by Crippen LogP contribution is 2.25. The third-order valence-electron chi connectivity index (χ3n) is 2.90. The first-order chi connectivity index (χ1) is 8.90. The van der Waals surface area contributed by atoms with Crippen LogP contribution in [0.4, 0.5) is 5.69 Å². The number of hydrogen-bond donors (Lipinski definition) is 2. The molecule has 0 saturated heterocycles. The summed E-state index contributed by atoms with van der Waals surface area (Å²) in [6.07, 6.45) is 1.41. The minimum absolute atomic E-state index is 0.0825. The number of anilines is 1. The van der Waals surface area contributed by atoms with Gasteiger partial charge in [-0.15, -0.1) is 0 Å². The van der Waals surface area contributed by atoms with Gasteiger partial charge in [-0.05, 0) is 50.1 Å². The lowest BCUT2D eigenvalue weighted by molar-refractivity contribution is -0.116. The summed E-state index contributed by atoms with van der Waals surface area (Å²) < 4.78 is 1.04. The van der Waals surface area contributed by atoms with Crippen molar-refractivity contribution in [1.29, 1.82) is 0 Å². The monoisotopic (exact) mass is 326 g/mol. The second-order valence-corrected chi connectivity index (χ2v) is 6.09. The van der Waals surface area contributed by atoms with Crippen molar-refractivity contribution in [3.63, 3.8) is 0 Å². The number of benzene rings is 1. The van der Waals surface area contributed by atoms with Gasteiger partial charge < -0.3 is 10.6 Å². The van der Waals surface area contributed by atoms with Crippen molar-refractivity contribution in [3.8, 4) is 0 Å². The van der Waals surface area contributed by atoms with Crippen molar-refractivity contribution in [2.75, 3.05) is 11.9 Å². The van der Waals surface area contributed by atoms with E-state index in [4.69, 9.17) is 0 Å². The summed E-state index contributed by atoms with van der Waals surface area (Å²) in [5.74, 6) is 0.0825. The van der Waals surface area contributed by atoms with Gasteiger partial charge in [0.2, 0.25) is 5.91 Å². The Morgan fingerprint density at radius 1 is 1.26 bits per heavy atom. The molecule has 106 valence electrons. The smallest absolute Gasteiger partial charge is 0.224 e. The molecule has 0 saturated carbocycles. The van der Waals surface area contributed by atoms with Gasteiger partial charge in [0.1, 0.15) is 0 Å². The minimum atomic E-state index is 0.0825. The largest absolute Gasteiger partial charge is 0.326 e. The molecule has 19 heavy (non-hydrogen) atoms. The Morgan fingerprint density at radius 2 is 1.84 bits per heavy atom. The van der Waals surface area contributed by atoms with Gasteiger partial charge in [-0.2, -0.15) is 0 Å². The molecule has 0 unspecified atom stereocenters. The standard InChI is InChI=1S/C15H23BrN2O/c1-10(2)17-7-5-6-14(19)18-15-11(3)8-13(16)9-12(15)4/h8-10,17H,5-7H2,1-4H3,(H,18,19). The van der Waals surface area contributed by atoms with Gasteiger partial charge >= 0.3 is 0 Å². The summed E-state index contributed by atoms with van der Waals surface area (Å²) in [6.45, 7) is 9.11. The predicted octanol–water partition coefficient (Wildman–Crippen LogP) is 3.78. The van der Waals surface area contributed by atoms with Gasteiger partial charge in [-0.1, -0.05) is 29.8 Å². The van der Waals surface area contributed by atoms with E-state index in [2.05, 4.69) is 40.4 Å². The lowest BCUT2D eigenvalue weighted by Gasteiger charge is -2.13. The fraction of sp³-hybridized carbons (Fsp3) is 0.533. The zero-order valence-electron chi connectivity index (χ0n) is 12.1. The molecule has 1 rings (SSSR count). The molecule has 0 aliphatic carbocycles. The van der Waals surface area contributed by atoms with Crippen molar-refractivity contribution in [1.82, 2.24) is 5.32 Å².